The zero-order chi connectivity index (χ0) is 8.27. The minimum absolute atomic E-state index is 0.478. The molecule has 0 bridgehead atoms. The lowest BCUT2D eigenvalue weighted by Gasteiger charge is -1.99. The van der Waals surface area contributed by atoms with Gasteiger partial charge in [-0.2, -0.15) is 0 Å². The highest BCUT2D eigenvalue weighted by molar-refractivity contribution is 7.71. The maximum atomic E-state index is 4.91. The fraction of sp³-hybridized carbons (Fsp3) is 0.429. The Morgan fingerprint density at radius 3 is 3.00 bits per heavy atom. The Morgan fingerprint density at radius 2 is 2.45 bits per heavy atom. The molecule has 1 heterocycles. The minimum Gasteiger partial charge on any atom is -0.377 e. The van der Waals surface area contributed by atoms with Crippen molar-refractivity contribution < 1.29 is 4.74 Å². The van der Waals surface area contributed by atoms with Crippen LogP contribution in [0.5, 0.6) is 0 Å². The second-order valence-corrected chi connectivity index (χ2v) is 2.70. The first-order valence-corrected chi connectivity index (χ1v) is 3.69. The van der Waals surface area contributed by atoms with Crippen LogP contribution in [0.1, 0.15) is 11.5 Å². The van der Waals surface area contributed by atoms with Crippen LogP contribution in [0.25, 0.3) is 0 Å². The van der Waals surface area contributed by atoms with Gasteiger partial charge in [0.2, 0.25) is 0 Å². The molecule has 0 unspecified atom stereocenters. The fourth-order valence-corrected chi connectivity index (χ4v) is 1.13. The maximum Gasteiger partial charge on any atom is 0.133 e. The Kier molecular flexibility index (Phi) is 2.73. The number of H-pyrrole nitrogens is 1. The number of hydrogen-bond acceptors (Lipinski definition) is 3. The van der Waals surface area contributed by atoms with Crippen molar-refractivity contribution in [3.8, 4) is 0 Å². The van der Waals surface area contributed by atoms with E-state index in [9.17, 15) is 0 Å². The molecule has 0 aromatic carbocycles. The summed E-state index contributed by atoms with van der Waals surface area (Å²) in [6.07, 6.45) is 0. The molecule has 0 fully saturated rings. The third-order valence-electron chi connectivity index (χ3n) is 1.21. The van der Waals surface area contributed by atoms with Crippen LogP contribution in [-0.4, -0.2) is 17.1 Å². The van der Waals surface area contributed by atoms with Crippen LogP contribution < -0.4 is 0 Å². The van der Waals surface area contributed by atoms with Gasteiger partial charge in [0.05, 0.1) is 0 Å². The van der Waals surface area contributed by atoms with Crippen LogP contribution >= 0.6 is 12.2 Å². The molecular formula is C7H10N2OS. The van der Waals surface area contributed by atoms with Crippen LogP contribution in [-0.2, 0) is 11.3 Å². The van der Waals surface area contributed by atoms with Crippen LogP contribution in [0.3, 0.4) is 0 Å². The van der Waals surface area contributed by atoms with Gasteiger partial charge in [-0.3, -0.25) is 0 Å². The predicted molar refractivity (Wildman–Crippen MR) is 44.9 cm³/mol. The van der Waals surface area contributed by atoms with Crippen LogP contribution in [0.2, 0.25) is 0 Å². The first-order chi connectivity index (χ1) is 5.22. The standard InChI is InChI=1S/C7H10N2OS/c1-5-3-7(11)9-6(8-5)4-10-2/h3H,4H2,1-2H3,(H,8,9,11). The highest BCUT2D eigenvalue weighted by Gasteiger charge is 1.93. The summed E-state index contributed by atoms with van der Waals surface area (Å²) >= 11 is 4.91. The Balaban J connectivity index is 2.99. The van der Waals surface area contributed by atoms with E-state index in [4.69, 9.17) is 17.0 Å². The maximum absolute atomic E-state index is 4.91. The topological polar surface area (TPSA) is 37.9 Å². The van der Waals surface area contributed by atoms with Gasteiger partial charge in [-0.25, -0.2) is 4.98 Å². The van der Waals surface area contributed by atoms with Gasteiger partial charge in [-0.05, 0) is 13.0 Å². The van der Waals surface area contributed by atoms with Crippen molar-refractivity contribution in [1.82, 2.24) is 9.97 Å². The molecule has 0 aliphatic heterocycles. The number of rotatable bonds is 2. The molecule has 1 N–H and O–H groups in total. The fourth-order valence-electron chi connectivity index (χ4n) is 0.847. The lowest BCUT2D eigenvalue weighted by molar-refractivity contribution is 0.177. The van der Waals surface area contributed by atoms with Crippen LogP contribution in [0.4, 0.5) is 0 Å². The van der Waals surface area contributed by atoms with Crippen molar-refractivity contribution in [3.63, 3.8) is 0 Å². The Morgan fingerprint density at radius 1 is 1.73 bits per heavy atom. The van der Waals surface area contributed by atoms with E-state index in [1.165, 1.54) is 0 Å². The van der Waals surface area contributed by atoms with E-state index < -0.39 is 0 Å². The van der Waals surface area contributed by atoms with Gasteiger partial charge in [-0.1, -0.05) is 12.2 Å². The average Bonchev–Trinajstić information content (AvgIpc) is 1.85. The summed E-state index contributed by atoms with van der Waals surface area (Å²) in [5.41, 5.74) is 1.01. The zero-order valence-electron chi connectivity index (χ0n) is 6.55. The first-order valence-electron chi connectivity index (χ1n) is 3.28. The normalized spacial score (nSPS) is 10.0. The van der Waals surface area contributed by atoms with Crippen LogP contribution in [0, 0.1) is 11.6 Å². The van der Waals surface area contributed by atoms with Gasteiger partial charge in [0.1, 0.15) is 17.1 Å². The molecule has 0 saturated heterocycles. The predicted octanol–water partition coefficient (Wildman–Crippen LogP) is 1.59. The van der Waals surface area contributed by atoms with Gasteiger partial charge in [-0.15, -0.1) is 0 Å². The van der Waals surface area contributed by atoms with Gasteiger partial charge in [0, 0.05) is 12.8 Å². The number of hydrogen-bond donors (Lipinski definition) is 1. The van der Waals surface area contributed by atoms with Gasteiger partial charge < -0.3 is 9.72 Å². The highest BCUT2D eigenvalue weighted by atomic mass is 32.1. The summed E-state index contributed by atoms with van der Waals surface area (Å²) < 4.78 is 5.50. The molecule has 60 valence electrons. The number of nitrogens with one attached hydrogen (secondary N) is 1. The van der Waals surface area contributed by atoms with E-state index >= 15 is 0 Å². The van der Waals surface area contributed by atoms with Crippen molar-refractivity contribution in [2.24, 2.45) is 0 Å². The largest absolute Gasteiger partial charge is 0.377 e. The summed E-state index contributed by atoms with van der Waals surface area (Å²) in [5.74, 6) is 0.775. The molecule has 0 radical (unpaired) electrons. The van der Waals surface area contributed by atoms with Crippen molar-refractivity contribution in [2.45, 2.75) is 13.5 Å². The van der Waals surface area contributed by atoms with Crippen molar-refractivity contribution in [2.75, 3.05) is 7.11 Å². The summed E-state index contributed by atoms with van der Waals surface area (Å²) in [5, 5.41) is 0. The van der Waals surface area contributed by atoms with E-state index in [0.29, 0.717) is 11.2 Å². The number of aromatic nitrogens is 2. The second kappa shape index (κ2) is 3.59. The summed E-state index contributed by atoms with van der Waals surface area (Å²) in [6, 6.07) is 1.81. The smallest absolute Gasteiger partial charge is 0.133 e. The summed E-state index contributed by atoms with van der Waals surface area (Å²) in [4.78, 5) is 7.10. The van der Waals surface area contributed by atoms with E-state index in [1.54, 1.807) is 7.11 Å². The molecule has 11 heavy (non-hydrogen) atoms. The number of aryl methyl sites for hydroxylation is 1. The molecule has 3 nitrogen and oxygen atoms in total. The molecule has 0 amide bonds. The van der Waals surface area contributed by atoms with Gasteiger partial charge in [0.15, 0.2) is 0 Å². The molecule has 0 saturated carbocycles. The first kappa shape index (κ1) is 8.36. The van der Waals surface area contributed by atoms with Crippen molar-refractivity contribution in [3.05, 3.63) is 22.2 Å². The zero-order valence-corrected chi connectivity index (χ0v) is 7.36. The van der Waals surface area contributed by atoms with E-state index in [-0.39, 0.29) is 0 Å². The third kappa shape index (κ3) is 2.40. The highest BCUT2D eigenvalue weighted by Crippen LogP contribution is 1.96. The molecule has 0 atom stereocenters. The summed E-state index contributed by atoms with van der Waals surface area (Å²) in [7, 11) is 1.63. The van der Waals surface area contributed by atoms with Crippen LogP contribution in [0.15, 0.2) is 6.07 Å². The van der Waals surface area contributed by atoms with E-state index in [0.717, 1.165) is 11.5 Å². The summed E-state index contributed by atoms with van der Waals surface area (Å²) in [6.45, 7) is 2.42. The molecule has 1 aromatic heterocycles. The Labute approximate surface area is 70.4 Å². The average molecular weight is 170 g/mol. The lowest BCUT2D eigenvalue weighted by Crippen LogP contribution is -1.98. The monoisotopic (exact) mass is 170 g/mol. The van der Waals surface area contributed by atoms with Gasteiger partial charge >= 0.3 is 0 Å². The molecule has 1 aromatic rings. The molecule has 0 aliphatic rings. The number of aromatic amines is 1. The van der Waals surface area contributed by atoms with Crippen molar-refractivity contribution >= 4 is 12.2 Å². The Bertz CT molecular complexity index is 295. The number of methoxy groups -OCH3 is 1. The SMILES string of the molecule is COCc1nc(=S)cc(C)[nH]1. The molecule has 1 rings (SSSR count). The van der Waals surface area contributed by atoms with Crippen molar-refractivity contribution in [1.29, 1.82) is 0 Å². The van der Waals surface area contributed by atoms with E-state index in [1.807, 2.05) is 13.0 Å². The quantitative estimate of drug-likeness (QED) is 0.685. The number of ether oxygens (including phenoxy) is 1. The molecule has 4 heteroatoms. The molecule has 0 aliphatic carbocycles. The molecular weight excluding hydrogens is 160 g/mol. The second-order valence-electron chi connectivity index (χ2n) is 2.28. The third-order valence-corrected chi connectivity index (χ3v) is 1.42. The lowest BCUT2D eigenvalue weighted by atomic mass is 10.4. The molecule has 0 spiro atoms. The van der Waals surface area contributed by atoms with E-state index in [2.05, 4.69) is 9.97 Å². The minimum atomic E-state index is 0.478. The van der Waals surface area contributed by atoms with Gasteiger partial charge in [0.25, 0.3) is 0 Å². The number of nitrogens with zero attached hydrogens (tertiary/aromatic N) is 1. The Hall–Kier alpha value is -0.740.